The van der Waals surface area contributed by atoms with Gasteiger partial charge in [-0.15, -0.1) is 16.7 Å². The summed E-state index contributed by atoms with van der Waals surface area (Å²) in [7, 11) is -3.68. The summed E-state index contributed by atoms with van der Waals surface area (Å²) in [6.07, 6.45) is 1.31. The molecule has 1 N–H and O–H groups in total. The van der Waals surface area contributed by atoms with Gasteiger partial charge in [0.1, 0.15) is 12.1 Å². The Morgan fingerprint density at radius 2 is 2.21 bits per heavy atom. The number of anilines is 1. The van der Waals surface area contributed by atoms with Crippen LogP contribution in [0.2, 0.25) is 0 Å². The van der Waals surface area contributed by atoms with Crippen LogP contribution in [0, 0.1) is 5.82 Å². The molecule has 2 aromatic rings. The van der Waals surface area contributed by atoms with Crippen molar-refractivity contribution in [2.45, 2.75) is 0 Å². The number of nitrogens with one attached hydrogen (secondary N) is 1. The van der Waals surface area contributed by atoms with E-state index in [0.717, 1.165) is 6.07 Å². The van der Waals surface area contributed by atoms with Crippen molar-refractivity contribution in [2.75, 3.05) is 16.4 Å². The van der Waals surface area contributed by atoms with Gasteiger partial charge in [-0.2, -0.15) is 0 Å². The zero-order chi connectivity index (χ0) is 13.9. The molecule has 1 aromatic carbocycles. The number of hydrogen-bond donors (Lipinski definition) is 1. The standard InChI is InChI=1S/C9H9ClFN5O2S/c10-3-4-19(17,18)13-9-5-7(1-2-8(9)11)16-6-12-14-15-16/h1-2,5-6,13H,3-4H2. The van der Waals surface area contributed by atoms with Gasteiger partial charge in [0.05, 0.1) is 17.1 Å². The van der Waals surface area contributed by atoms with E-state index in [4.69, 9.17) is 11.6 Å². The molecule has 0 radical (unpaired) electrons. The average Bonchev–Trinajstić information content (AvgIpc) is 2.85. The summed E-state index contributed by atoms with van der Waals surface area (Å²) in [5.74, 6) is -1.08. The van der Waals surface area contributed by atoms with Crippen LogP contribution in [-0.2, 0) is 10.0 Å². The molecule has 0 aliphatic heterocycles. The van der Waals surface area contributed by atoms with Crippen molar-refractivity contribution in [1.82, 2.24) is 20.2 Å². The third kappa shape index (κ3) is 3.38. The molecule has 0 fully saturated rings. The smallest absolute Gasteiger partial charge is 0.233 e. The molecule has 0 aliphatic rings. The zero-order valence-electron chi connectivity index (χ0n) is 9.49. The SMILES string of the molecule is O=S(=O)(CCCl)Nc1cc(-n2cnnn2)ccc1F. The van der Waals surface area contributed by atoms with Crippen molar-refractivity contribution in [1.29, 1.82) is 0 Å². The molecule has 102 valence electrons. The fourth-order valence-electron chi connectivity index (χ4n) is 1.33. The Labute approximate surface area is 113 Å². The average molecular weight is 306 g/mol. The van der Waals surface area contributed by atoms with Gasteiger partial charge in [0.2, 0.25) is 10.0 Å². The highest BCUT2D eigenvalue weighted by Crippen LogP contribution is 2.19. The number of sulfonamides is 1. The first kappa shape index (κ1) is 13.7. The number of tetrazole rings is 1. The maximum atomic E-state index is 13.6. The Balaban J connectivity index is 2.33. The Morgan fingerprint density at radius 3 is 2.84 bits per heavy atom. The lowest BCUT2D eigenvalue weighted by atomic mass is 10.3. The van der Waals surface area contributed by atoms with E-state index in [1.807, 2.05) is 0 Å². The van der Waals surface area contributed by atoms with Gasteiger partial charge in [0.15, 0.2) is 0 Å². The van der Waals surface area contributed by atoms with Crippen molar-refractivity contribution >= 4 is 27.3 Å². The number of nitrogens with zero attached hydrogens (tertiary/aromatic N) is 4. The van der Waals surface area contributed by atoms with Gasteiger partial charge in [0, 0.05) is 5.88 Å². The molecular weight excluding hydrogens is 297 g/mol. The summed E-state index contributed by atoms with van der Waals surface area (Å²) in [5, 5.41) is 10.5. The summed E-state index contributed by atoms with van der Waals surface area (Å²) in [6.45, 7) is 0. The highest BCUT2D eigenvalue weighted by molar-refractivity contribution is 7.92. The molecule has 0 aliphatic carbocycles. The summed E-state index contributed by atoms with van der Waals surface area (Å²) in [6, 6.07) is 3.83. The van der Waals surface area contributed by atoms with Gasteiger partial charge in [-0.1, -0.05) is 0 Å². The van der Waals surface area contributed by atoms with Crippen LogP contribution in [-0.4, -0.2) is 40.3 Å². The third-order valence-corrected chi connectivity index (χ3v) is 3.86. The van der Waals surface area contributed by atoms with E-state index >= 15 is 0 Å². The van der Waals surface area contributed by atoms with Gasteiger partial charge in [-0.25, -0.2) is 17.5 Å². The highest BCUT2D eigenvalue weighted by atomic mass is 35.5. The van der Waals surface area contributed by atoms with Crippen molar-refractivity contribution in [2.24, 2.45) is 0 Å². The van der Waals surface area contributed by atoms with E-state index in [1.54, 1.807) is 0 Å². The summed E-state index contributed by atoms with van der Waals surface area (Å²) < 4.78 is 40.0. The predicted molar refractivity (Wildman–Crippen MR) is 67.2 cm³/mol. The lowest BCUT2D eigenvalue weighted by molar-refractivity contribution is 0.599. The fraction of sp³-hybridized carbons (Fsp3) is 0.222. The Bertz CT molecular complexity index is 661. The summed E-state index contributed by atoms with van der Waals surface area (Å²) in [4.78, 5) is 0. The van der Waals surface area contributed by atoms with E-state index in [9.17, 15) is 12.8 Å². The molecule has 0 unspecified atom stereocenters. The first-order valence-corrected chi connectivity index (χ1v) is 7.30. The van der Waals surface area contributed by atoms with Crippen LogP contribution in [0.3, 0.4) is 0 Å². The summed E-state index contributed by atoms with van der Waals surface area (Å²) in [5.41, 5.74) is 0.244. The molecule has 0 saturated heterocycles. The van der Waals surface area contributed by atoms with Gasteiger partial charge in [-0.05, 0) is 28.6 Å². The molecule has 1 aromatic heterocycles. The molecule has 0 spiro atoms. The zero-order valence-corrected chi connectivity index (χ0v) is 11.1. The number of rotatable bonds is 5. The minimum Gasteiger partial charge on any atom is -0.280 e. The lowest BCUT2D eigenvalue weighted by Crippen LogP contribution is -2.18. The van der Waals surface area contributed by atoms with E-state index in [-0.39, 0.29) is 17.3 Å². The van der Waals surface area contributed by atoms with Crippen LogP contribution in [0.25, 0.3) is 5.69 Å². The van der Waals surface area contributed by atoms with Gasteiger partial charge in [0.25, 0.3) is 0 Å². The lowest BCUT2D eigenvalue weighted by Gasteiger charge is -2.09. The van der Waals surface area contributed by atoms with Crippen LogP contribution in [0.1, 0.15) is 0 Å². The second-order valence-electron chi connectivity index (χ2n) is 3.53. The van der Waals surface area contributed by atoms with Crippen LogP contribution < -0.4 is 4.72 Å². The second kappa shape index (κ2) is 5.49. The first-order chi connectivity index (χ1) is 9.02. The predicted octanol–water partition coefficient (Wildman–Crippen LogP) is 0.782. The third-order valence-electron chi connectivity index (χ3n) is 2.17. The Hall–Kier alpha value is -1.74. The first-order valence-electron chi connectivity index (χ1n) is 5.11. The molecule has 1 heterocycles. The van der Waals surface area contributed by atoms with Crippen molar-refractivity contribution in [3.8, 4) is 5.69 Å². The molecule has 2 rings (SSSR count). The number of halogens is 2. The molecule has 0 amide bonds. The fourth-order valence-corrected chi connectivity index (χ4v) is 2.74. The van der Waals surface area contributed by atoms with E-state index in [0.29, 0.717) is 5.69 Å². The number of benzene rings is 1. The topological polar surface area (TPSA) is 89.8 Å². The monoisotopic (exact) mass is 305 g/mol. The van der Waals surface area contributed by atoms with E-state index in [1.165, 1.54) is 23.1 Å². The number of aromatic nitrogens is 4. The summed E-state index contributed by atoms with van der Waals surface area (Å²) >= 11 is 5.36. The van der Waals surface area contributed by atoms with Crippen LogP contribution in [0.4, 0.5) is 10.1 Å². The van der Waals surface area contributed by atoms with Crippen LogP contribution >= 0.6 is 11.6 Å². The van der Waals surface area contributed by atoms with Crippen molar-refractivity contribution < 1.29 is 12.8 Å². The molecule has 0 bridgehead atoms. The van der Waals surface area contributed by atoms with Gasteiger partial charge >= 0.3 is 0 Å². The van der Waals surface area contributed by atoms with Crippen LogP contribution in [0.5, 0.6) is 0 Å². The second-order valence-corrected chi connectivity index (χ2v) is 5.75. The van der Waals surface area contributed by atoms with Crippen molar-refractivity contribution in [3.05, 3.63) is 30.3 Å². The maximum absolute atomic E-state index is 13.6. The van der Waals surface area contributed by atoms with Crippen molar-refractivity contribution in [3.63, 3.8) is 0 Å². The van der Waals surface area contributed by atoms with Gasteiger partial charge < -0.3 is 0 Å². The minimum absolute atomic E-state index is 0.0797. The van der Waals surface area contributed by atoms with Crippen LogP contribution in [0.15, 0.2) is 24.5 Å². The number of hydrogen-bond acceptors (Lipinski definition) is 5. The van der Waals surface area contributed by atoms with E-state index in [2.05, 4.69) is 20.2 Å². The maximum Gasteiger partial charge on any atom is 0.233 e. The van der Waals surface area contributed by atoms with E-state index < -0.39 is 15.8 Å². The minimum atomic E-state index is -3.68. The molecule has 0 atom stereocenters. The quantitative estimate of drug-likeness (QED) is 0.825. The molecule has 7 nitrogen and oxygen atoms in total. The van der Waals surface area contributed by atoms with Gasteiger partial charge in [-0.3, -0.25) is 4.72 Å². The number of alkyl halides is 1. The molecule has 10 heteroatoms. The molecular formula is C9H9ClFN5O2S. The Kier molecular flexibility index (Phi) is 3.96. The molecule has 19 heavy (non-hydrogen) atoms. The largest absolute Gasteiger partial charge is 0.280 e. The molecule has 0 saturated carbocycles. The normalized spacial score (nSPS) is 11.5. The highest BCUT2D eigenvalue weighted by Gasteiger charge is 2.13. The Morgan fingerprint density at radius 1 is 1.42 bits per heavy atom.